The summed E-state index contributed by atoms with van der Waals surface area (Å²) >= 11 is 0. The van der Waals surface area contributed by atoms with Crippen LogP contribution in [0.1, 0.15) is 22.8 Å². The van der Waals surface area contributed by atoms with E-state index in [9.17, 15) is 26.7 Å². The average molecular weight is 329 g/mol. The molecule has 0 saturated carbocycles. The van der Waals surface area contributed by atoms with Crippen LogP contribution >= 0.6 is 0 Å². The number of carbonyl (C=O) groups is 1. The quantitative estimate of drug-likeness (QED) is 0.471. The molecule has 122 valence electrons. The van der Waals surface area contributed by atoms with Crippen LogP contribution in [0.5, 0.6) is 0 Å². The topological polar surface area (TPSA) is 20.3 Å². The van der Waals surface area contributed by atoms with E-state index >= 15 is 0 Å². The molecule has 0 heterocycles. The number of amides is 1. The zero-order valence-corrected chi connectivity index (χ0v) is 12.0. The summed E-state index contributed by atoms with van der Waals surface area (Å²) < 4.78 is 66.3. The largest absolute Gasteiger partial charge is 0.335 e. The first-order chi connectivity index (χ1) is 10.8. The fraction of sp³-hybridized carbons (Fsp3) is 0.188. The third-order valence-electron chi connectivity index (χ3n) is 3.26. The zero-order chi connectivity index (χ0) is 17.1. The van der Waals surface area contributed by atoms with Crippen LogP contribution in [0.4, 0.5) is 22.0 Å². The lowest BCUT2D eigenvalue weighted by Crippen LogP contribution is -2.31. The van der Waals surface area contributed by atoms with Gasteiger partial charge < -0.3 is 4.90 Å². The zero-order valence-electron chi connectivity index (χ0n) is 12.0. The van der Waals surface area contributed by atoms with Crippen LogP contribution in [-0.2, 0) is 6.54 Å². The summed E-state index contributed by atoms with van der Waals surface area (Å²) in [6, 6.07) is 5.68. The van der Waals surface area contributed by atoms with Gasteiger partial charge in [-0.3, -0.25) is 4.79 Å². The summed E-state index contributed by atoms with van der Waals surface area (Å²) in [6.07, 6.45) is 0. The molecule has 1 amide bonds. The third-order valence-corrected chi connectivity index (χ3v) is 3.26. The predicted molar refractivity (Wildman–Crippen MR) is 73.1 cm³/mol. The highest BCUT2D eigenvalue weighted by molar-refractivity contribution is 5.94. The molecule has 0 N–H and O–H groups in total. The summed E-state index contributed by atoms with van der Waals surface area (Å²) in [5.41, 5.74) is -0.497. The molecule has 0 bridgehead atoms. The fourth-order valence-electron chi connectivity index (χ4n) is 2.08. The van der Waals surface area contributed by atoms with E-state index in [2.05, 4.69) is 0 Å². The molecule has 0 aliphatic carbocycles. The highest BCUT2D eigenvalue weighted by atomic mass is 19.2. The van der Waals surface area contributed by atoms with E-state index in [1.807, 2.05) is 0 Å². The monoisotopic (exact) mass is 329 g/mol. The lowest BCUT2D eigenvalue weighted by Gasteiger charge is -2.21. The Morgan fingerprint density at radius 2 is 1.70 bits per heavy atom. The molecule has 0 atom stereocenters. The van der Waals surface area contributed by atoms with Crippen molar-refractivity contribution in [1.82, 2.24) is 4.90 Å². The summed E-state index contributed by atoms with van der Waals surface area (Å²) in [7, 11) is 0. The minimum Gasteiger partial charge on any atom is -0.335 e. The molecule has 2 aromatic carbocycles. The van der Waals surface area contributed by atoms with Crippen molar-refractivity contribution < 1.29 is 26.7 Å². The molecular weight excluding hydrogens is 317 g/mol. The maximum Gasteiger partial charge on any atom is 0.257 e. The van der Waals surface area contributed by atoms with Gasteiger partial charge in [-0.15, -0.1) is 0 Å². The smallest absolute Gasteiger partial charge is 0.257 e. The number of halogens is 5. The number of hydrogen-bond acceptors (Lipinski definition) is 1. The maximum absolute atomic E-state index is 13.7. The predicted octanol–water partition coefficient (Wildman–Crippen LogP) is 4.04. The van der Waals surface area contributed by atoms with E-state index in [-0.39, 0.29) is 13.1 Å². The van der Waals surface area contributed by atoms with Crippen molar-refractivity contribution in [3.63, 3.8) is 0 Å². The summed E-state index contributed by atoms with van der Waals surface area (Å²) in [4.78, 5) is 13.3. The highest BCUT2D eigenvalue weighted by Gasteiger charge is 2.25. The molecule has 0 aliphatic heterocycles. The first-order valence-corrected chi connectivity index (χ1v) is 6.71. The molecule has 7 heteroatoms. The molecule has 0 saturated heterocycles. The van der Waals surface area contributed by atoms with E-state index < -0.39 is 40.6 Å². The van der Waals surface area contributed by atoms with Gasteiger partial charge in [0.25, 0.3) is 5.91 Å². The Hall–Kier alpha value is -2.44. The van der Waals surface area contributed by atoms with Gasteiger partial charge >= 0.3 is 0 Å². The van der Waals surface area contributed by atoms with Crippen molar-refractivity contribution in [3.8, 4) is 0 Å². The Kier molecular flexibility index (Phi) is 4.98. The highest BCUT2D eigenvalue weighted by Crippen LogP contribution is 2.21. The Morgan fingerprint density at radius 1 is 1.00 bits per heavy atom. The van der Waals surface area contributed by atoms with Gasteiger partial charge in [0.2, 0.25) is 0 Å². The van der Waals surface area contributed by atoms with Crippen LogP contribution in [0.25, 0.3) is 0 Å². The van der Waals surface area contributed by atoms with Crippen LogP contribution in [0.3, 0.4) is 0 Å². The van der Waals surface area contributed by atoms with Crippen LogP contribution in [0.15, 0.2) is 30.3 Å². The molecular formula is C16H12F5NO. The van der Waals surface area contributed by atoms with E-state index in [0.29, 0.717) is 11.6 Å². The molecule has 0 fully saturated rings. The fourth-order valence-corrected chi connectivity index (χ4v) is 2.08. The van der Waals surface area contributed by atoms with Crippen molar-refractivity contribution in [3.05, 3.63) is 70.5 Å². The third kappa shape index (κ3) is 3.49. The van der Waals surface area contributed by atoms with Gasteiger partial charge in [0.15, 0.2) is 23.3 Å². The first-order valence-electron chi connectivity index (χ1n) is 6.71. The molecule has 0 radical (unpaired) electrons. The molecule has 2 nitrogen and oxygen atoms in total. The maximum atomic E-state index is 13.7. The molecule has 0 aromatic heterocycles. The SMILES string of the molecule is CCN(Cc1cccc(F)c1)C(=O)c1cc(F)c(F)c(F)c1F. The Morgan fingerprint density at radius 3 is 2.30 bits per heavy atom. The molecule has 2 aromatic rings. The van der Waals surface area contributed by atoms with Gasteiger partial charge in [-0.1, -0.05) is 12.1 Å². The molecule has 0 spiro atoms. The second-order valence-corrected chi connectivity index (χ2v) is 4.80. The minimum absolute atomic E-state index is 0.0788. The molecule has 23 heavy (non-hydrogen) atoms. The number of benzene rings is 2. The van der Waals surface area contributed by atoms with E-state index in [1.54, 1.807) is 13.0 Å². The second kappa shape index (κ2) is 6.76. The Bertz CT molecular complexity index is 747. The standard InChI is InChI=1S/C16H12F5NO/c1-2-22(8-9-4-3-5-10(17)6-9)16(23)11-7-12(18)14(20)15(21)13(11)19/h3-7H,2,8H2,1H3. The van der Waals surface area contributed by atoms with Crippen LogP contribution < -0.4 is 0 Å². The number of rotatable bonds is 4. The van der Waals surface area contributed by atoms with Gasteiger partial charge in [0.1, 0.15) is 5.82 Å². The number of hydrogen-bond donors (Lipinski definition) is 0. The van der Waals surface area contributed by atoms with Crippen LogP contribution in [0.2, 0.25) is 0 Å². The lowest BCUT2D eigenvalue weighted by molar-refractivity contribution is 0.0745. The first kappa shape index (κ1) is 16.9. The summed E-state index contributed by atoms with van der Waals surface area (Å²) in [5, 5.41) is 0. The van der Waals surface area contributed by atoms with Crippen molar-refractivity contribution in [2.45, 2.75) is 13.5 Å². The number of nitrogens with zero attached hydrogens (tertiary/aromatic N) is 1. The van der Waals surface area contributed by atoms with Gasteiger partial charge in [-0.05, 0) is 30.7 Å². The van der Waals surface area contributed by atoms with Gasteiger partial charge in [-0.25, -0.2) is 22.0 Å². The van der Waals surface area contributed by atoms with Crippen LogP contribution in [0, 0.1) is 29.1 Å². The van der Waals surface area contributed by atoms with E-state index in [4.69, 9.17) is 0 Å². The molecule has 0 unspecified atom stereocenters. The van der Waals surface area contributed by atoms with Gasteiger partial charge in [-0.2, -0.15) is 0 Å². The second-order valence-electron chi connectivity index (χ2n) is 4.80. The number of carbonyl (C=O) groups excluding carboxylic acids is 1. The Balaban J connectivity index is 2.34. The Labute approximate surface area is 129 Å². The van der Waals surface area contributed by atoms with Gasteiger partial charge in [0.05, 0.1) is 5.56 Å². The minimum atomic E-state index is -2.05. The molecule has 2 rings (SSSR count). The average Bonchev–Trinajstić information content (AvgIpc) is 2.53. The molecule has 0 aliphatic rings. The lowest BCUT2D eigenvalue weighted by atomic mass is 10.1. The van der Waals surface area contributed by atoms with E-state index in [1.165, 1.54) is 18.2 Å². The van der Waals surface area contributed by atoms with Crippen molar-refractivity contribution in [1.29, 1.82) is 0 Å². The van der Waals surface area contributed by atoms with Crippen LogP contribution in [-0.4, -0.2) is 17.4 Å². The summed E-state index contributed by atoms with van der Waals surface area (Å²) in [5.74, 6) is -8.98. The van der Waals surface area contributed by atoms with Crippen molar-refractivity contribution in [2.75, 3.05) is 6.54 Å². The van der Waals surface area contributed by atoms with Crippen molar-refractivity contribution in [2.24, 2.45) is 0 Å². The normalized spacial score (nSPS) is 10.7. The summed E-state index contributed by atoms with van der Waals surface area (Å²) in [6.45, 7) is 1.55. The van der Waals surface area contributed by atoms with E-state index in [0.717, 1.165) is 4.90 Å². The van der Waals surface area contributed by atoms with Gasteiger partial charge in [0, 0.05) is 13.1 Å². The van der Waals surface area contributed by atoms with Crippen molar-refractivity contribution >= 4 is 5.91 Å².